The molecule has 0 atom stereocenters. The lowest BCUT2D eigenvalue weighted by molar-refractivity contribution is -0.675. The van der Waals surface area contributed by atoms with Crippen LogP contribution in [0.25, 0.3) is 0 Å². The third-order valence-electron chi connectivity index (χ3n) is 1.89. The molecule has 0 saturated heterocycles. The number of hydrogen-bond donors (Lipinski definition) is 0. The van der Waals surface area contributed by atoms with Crippen molar-refractivity contribution in [2.24, 2.45) is 7.05 Å². The Morgan fingerprint density at radius 3 is 2.92 bits per heavy atom. The van der Waals surface area contributed by atoms with Gasteiger partial charge < -0.3 is 9.13 Å². The van der Waals surface area contributed by atoms with Gasteiger partial charge in [0, 0.05) is 12.4 Å². The molecule has 68 valence electrons. The number of rotatable bonds is 3. The molecule has 0 radical (unpaired) electrons. The molecule has 0 aliphatic heterocycles. The smallest absolute Gasteiger partial charge is 0.203 e. The van der Waals surface area contributed by atoms with E-state index in [0.717, 1.165) is 13.1 Å². The Morgan fingerprint density at radius 2 is 2.31 bits per heavy atom. The van der Waals surface area contributed by atoms with E-state index in [1.165, 1.54) is 0 Å². The summed E-state index contributed by atoms with van der Waals surface area (Å²) in [7, 11) is 1.96. The van der Waals surface area contributed by atoms with Gasteiger partial charge in [0.2, 0.25) is 6.33 Å². The molecule has 2 heterocycles. The summed E-state index contributed by atoms with van der Waals surface area (Å²) in [5.41, 5.74) is 0. The maximum absolute atomic E-state index is 4.12. The summed E-state index contributed by atoms with van der Waals surface area (Å²) in [5, 5.41) is 4.12. The lowest BCUT2D eigenvalue weighted by atomic mass is 10.6. The number of aryl methyl sites for hydroxylation is 3. The van der Waals surface area contributed by atoms with Gasteiger partial charge in [0.25, 0.3) is 0 Å². The van der Waals surface area contributed by atoms with E-state index in [-0.39, 0.29) is 0 Å². The number of imidazole rings is 1. The third-order valence-corrected chi connectivity index (χ3v) is 1.89. The Morgan fingerprint density at radius 1 is 1.38 bits per heavy atom. The standard InChI is InChI=1S/C9H12N4/c1-11-5-6-12(9-11)7-8-13-4-2-3-10-13/h2-6H,7-8H2,1H3. The van der Waals surface area contributed by atoms with E-state index in [1.54, 1.807) is 6.20 Å². The van der Waals surface area contributed by atoms with Crippen molar-refractivity contribution in [1.82, 2.24) is 14.3 Å². The minimum atomic E-state index is 0.887. The lowest BCUT2D eigenvalue weighted by Gasteiger charge is -2.00. The number of hydrogen-bond acceptors (Lipinski definition) is 1. The fraction of sp³-hybridized carbons (Fsp3) is 0.333. The number of nitrogens with zero attached hydrogens (tertiary/aromatic N) is 4. The fourth-order valence-corrected chi connectivity index (χ4v) is 1.22. The molecule has 0 aliphatic rings. The highest BCUT2D eigenvalue weighted by Crippen LogP contribution is 1.88. The van der Waals surface area contributed by atoms with Crippen LogP contribution in [0.15, 0.2) is 30.9 Å². The van der Waals surface area contributed by atoms with Crippen molar-refractivity contribution in [3.05, 3.63) is 37.2 Å². The summed E-state index contributed by atoms with van der Waals surface area (Å²) >= 11 is 0. The van der Waals surface area contributed by atoms with Gasteiger partial charge in [-0.25, -0.2) is 0 Å². The molecule has 13 heavy (non-hydrogen) atoms. The molecule has 2 aromatic heterocycles. The van der Waals surface area contributed by atoms with Crippen LogP contribution in [0.4, 0.5) is 0 Å². The second kappa shape index (κ2) is 3.43. The van der Waals surface area contributed by atoms with Gasteiger partial charge in [-0.05, 0) is 18.5 Å². The zero-order valence-corrected chi connectivity index (χ0v) is 7.59. The van der Waals surface area contributed by atoms with Gasteiger partial charge in [-0.3, -0.25) is 4.68 Å². The Labute approximate surface area is 77.0 Å². The van der Waals surface area contributed by atoms with Crippen molar-refractivity contribution >= 4 is 0 Å². The first-order valence-electron chi connectivity index (χ1n) is 4.26. The van der Waals surface area contributed by atoms with Crippen LogP contribution >= 0.6 is 0 Å². The second-order valence-corrected chi connectivity index (χ2v) is 2.97. The van der Waals surface area contributed by atoms with Crippen molar-refractivity contribution in [3.8, 4) is 0 Å². The predicted molar refractivity (Wildman–Crippen MR) is 46.7 cm³/mol. The molecule has 0 bridgehead atoms. The molecular formula is C9H12N4. The monoisotopic (exact) mass is 176 g/mol. The zero-order valence-electron chi connectivity index (χ0n) is 7.59. The van der Waals surface area contributed by atoms with Crippen LogP contribution in [0.1, 0.15) is 0 Å². The summed E-state index contributed by atoms with van der Waals surface area (Å²) in [6, 6.07) is 1.93. The van der Waals surface area contributed by atoms with Gasteiger partial charge in [0.05, 0.1) is 20.1 Å². The van der Waals surface area contributed by atoms with Gasteiger partial charge in [-0.2, -0.15) is 5.10 Å². The van der Waals surface area contributed by atoms with Crippen LogP contribution in [-0.2, 0) is 20.1 Å². The van der Waals surface area contributed by atoms with E-state index in [0.29, 0.717) is 0 Å². The molecule has 0 spiro atoms. The van der Waals surface area contributed by atoms with Gasteiger partial charge >= 0.3 is 0 Å². The highest BCUT2D eigenvalue weighted by atomic mass is 15.3. The van der Waals surface area contributed by atoms with Gasteiger partial charge in [-0.1, -0.05) is 0 Å². The maximum Gasteiger partial charge on any atom is 0.203 e. The summed E-state index contributed by atoms with van der Waals surface area (Å²) < 4.78 is 5.83. The van der Waals surface area contributed by atoms with Crippen molar-refractivity contribution in [2.75, 3.05) is 0 Å². The van der Waals surface area contributed by atoms with E-state index in [1.807, 2.05) is 45.5 Å². The van der Waals surface area contributed by atoms with E-state index in [9.17, 15) is 0 Å². The molecular weight excluding hydrogens is 164 g/mol. The largest absolute Gasteiger partial charge is 0.354 e. The topological polar surface area (TPSA) is 26.6 Å². The Hall–Kier alpha value is -1.58. The predicted octanol–water partition coefficient (Wildman–Crippen LogP) is 0.00949. The minimum absolute atomic E-state index is 0.887. The van der Waals surface area contributed by atoms with Gasteiger partial charge in [-0.15, -0.1) is 0 Å². The van der Waals surface area contributed by atoms with E-state index in [2.05, 4.69) is 11.4 Å². The van der Waals surface area contributed by atoms with Gasteiger partial charge in [0.1, 0.15) is 0 Å². The van der Waals surface area contributed by atoms with Crippen molar-refractivity contribution in [1.29, 1.82) is 0 Å². The van der Waals surface area contributed by atoms with Crippen LogP contribution in [0, 0.1) is 6.33 Å². The fourth-order valence-electron chi connectivity index (χ4n) is 1.22. The first-order chi connectivity index (χ1) is 6.34. The van der Waals surface area contributed by atoms with Gasteiger partial charge in [0.15, 0.2) is 0 Å². The average molecular weight is 176 g/mol. The normalized spacial score (nSPS) is 10.5. The third kappa shape index (κ3) is 1.96. The molecule has 0 unspecified atom stereocenters. The van der Waals surface area contributed by atoms with Crippen LogP contribution in [0.5, 0.6) is 0 Å². The quantitative estimate of drug-likeness (QED) is 0.478. The molecule has 4 nitrogen and oxygen atoms in total. The molecule has 4 heteroatoms. The van der Waals surface area contributed by atoms with Crippen LogP contribution in [0.2, 0.25) is 0 Å². The Kier molecular flexibility index (Phi) is 2.12. The van der Waals surface area contributed by atoms with Crippen molar-refractivity contribution < 1.29 is 4.57 Å². The summed E-state index contributed by atoms with van der Waals surface area (Å²) in [6.07, 6.45) is 10.9. The highest BCUT2D eigenvalue weighted by Gasteiger charge is 1.93. The van der Waals surface area contributed by atoms with Crippen molar-refractivity contribution in [2.45, 2.75) is 13.1 Å². The van der Waals surface area contributed by atoms with E-state index < -0.39 is 0 Å². The first kappa shape index (κ1) is 8.04. The maximum atomic E-state index is 4.12. The first-order valence-corrected chi connectivity index (χ1v) is 4.26. The summed E-state index contributed by atoms with van der Waals surface area (Å²) in [6.45, 7) is 1.79. The average Bonchev–Trinajstić information content (AvgIpc) is 2.71. The minimum Gasteiger partial charge on any atom is -0.354 e. The van der Waals surface area contributed by atoms with E-state index in [4.69, 9.17) is 0 Å². The van der Waals surface area contributed by atoms with Crippen LogP contribution < -0.4 is 4.57 Å². The highest BCUT2D eigenvalue weighted by molar-refractivity contribution is 4.77. The molecule has 0 amide bonds. The van der Waals surface area contributed by atoms with Crippen LogP contribution in [-0.4, -0.2) is 14.3 Å². The SMILES string of the molecule is C[n+]1[c-]n(CCn2cccn2)cc1. The molecule has 0 aromatic carbocycles. The molecule has 0 aliphatic carbocycles. The zero-order chi connectivity index (χ0) is 9.10. The number of aromatic nitrogens is 4. The summed E-state index contributed by atoms with van der Waals surface area (Å²) in [4.78, 5) is 0. The van der Waals surface area contributed by atoms with Crippen molar-refractivity contribution in [3.63, 3.8) is 0 Å². The molecule has 2 rings (SSSR count). The lowest BCUT2D eigenvalue weighted by Crippen LogP contribution is -2.24. The Balaban J connectivity index is 1.93. The molecule has 0 N–H and O–H groups in total. The molecule has 2 aromatic rings. The Bertz CT molecular complexity index is 361. The summed E-state index contributed by atoms with van der Waals surface area (Å²) in [5.74, 6) is 0. The van der Waals surface area contributed by atoms with E-state index >= 15 is 0 Å². The molecule has 0 fully saturated rings. The van der Waals surface area contributed by atoms with Crippen LogP contribution in [0.3, 0.4) is 0 Å². The molecule has 0 saturated carbocycles. The second-order valence-electron chi connectivity index (χ2n) is 2.97.